The van der Waals surface area contributed by atoms with Crippen LogP contribution in [0.25, 0.3) is 90.9 Å². The first kappa shape index (κ1) is 79.1. The lowest BCUT2D eigenvalue weighted by molar-refractivity contribution is 0.304. The summed E-state index contributed by atoms with van der Waals surface area (Å²) in [7, 11) is 0. The molecule has 0 aliphatic carbocycles. The molecule has 0 atom stereocenters. The van der Waals surface area contributed by atoms with E-state index in [1.165, 1.54) is 103 Å². The highest BCUT2D eigenvalue weighted by atomic mass is 16.5. The van der Waals surface area contributed by atoms with Crippen molar-refractivity contribution in [3.05, 3.63) is 241 Å². The average Bonchev–Trinajstić information content (AvgIpc) is 1.59. The molecule has 16 nitrogen and oxygen atoms in total. The summed E-state index contributed by atoms with van der Waals surface area (Å²) >= 11 is 0. The van der Waals surface area contributed by atoms with E-state index in [1.54, 1.807) is 49.6 Å². The number of nitrogens with zero attached hydrogens (tertiary/aromatic N) is 10. The second-order valence-electron chi connectivity index (χ2n) is 29.7. The topological polar surface area (TPSA) is 197 Å². The second kappa shape index (κ2) is 44.1. The number of rotatable bonds is 48. The van der Waals surface area contributed by atoms with Gasteiger partial charge in [0.2, 0.25) is 0 Å². The molecule has 11 aromatic rings. The van der Waals surface area contributed by atoms with Gasteiger partial charge in [-0.05, 0) is 196 Å². The van der Waals surface area contributed by atoms with Gasteiger partial charge < -0.3 is 28.9 Å². The summed E-state index contributed by atoms with van der Waals surface area (Å²) in [4.78, 5) is 53.9. The standard InChI is InChI=1S/C96H110N12O4/c1(5-13-21-29-77-69-97-57-61-101-77)9-17-25-65-109-81-41-33-73(34-42-81)93-85-49-51-87(105-85)94(74-35-43-82(44-36-74)110-66-26-18-10-2-6-14-22-30-78-70-98-58-62-102-78)89-53-55-91(107-89)96(76-39-47-84(48-40-76)112-68-28-20-12-4-8-16-24-32-80-72-100-60-64-104-80)92-56-54-90(108-92)95(88-52-50-86(93)106-88)75-37-45-83(46-38-75)111-67-27-19-11-3-7-15-23-31-79-71-99-59-63-103-79/h33-64,69-72,105,108H,1-32,65-68H2. The van der Waals surface area contributed by atoms with E-state index in [1.807, 2.05) is 24.8 Å². The van der Waals surface area contributed by atoms with E-state index in [-0.39, 0.29) is 0 Å². The first-order valence-electron chi connectivity index (χ1n) is 41.7. The number of aryl methyl sites for hydroxylation is 4. The lowest BCUT2D eigenvalue weighted by Crippen LogP contribution is -1.97. The van der Waals surface area contributed by atoms with Crippen LogP contribution in [0.3, 0.4) is 0 Å². The van der Waals surface area contributed by atoms with Gasteiger partial charge in [0.1, 0.15) is 23.0 Å². The van der Waals surface area contributed by atoms with Crippen LogP contribution < -0.4 is 18.9 Å². The van der Waals surface area contributed by atoms with E-state index < -0.39 is 0 Å². The Balaban J connectivity index is 0.764. The summed E-state index contributed by atoms with van der Waals surface area (Å²) < 4.78 is 25.8. The van der Waals surface area contributed by atoms with E-state index >= 15 is 0 Å². The zero-order chi connectivity index (χ0) is 76.1. The van der Waals surface area contributed by atoms with Gasteiger partial charge in [-0.25, -0.2) is 9.97 Å². The highest BCUT2D eigenvalue weighted by molar-refractivity contribution is 6.00. The molecular formula is C96H110N12O4. The Morgan fingerprint density at radius 1 is 0.214 bits per heavy atom. The monoisotopic (exact) mass is 1490 g/mol. The summed E-state index contributed by atoms with van der Waals surface area (Å²) in [6.07, 6.45) is 66.9. The summed E-state index contributed by atoms with van der Waals surface area (Å²) in [5.74, 6) is 3.40. The van der Waals surface area contributed by atoms with E-state index in [0.717, 1.165) is 238 Å². The van der Waals surface area contributed by atoms with Crippen molar-refractivity contribution in [1.82, 2.24) is 59.8 Å². The third kappa shape index (κ3) is 24.5. The number of hydrogen-bond acceptors (Lipinski definition) is 14. The normalized spacial score (nSPS) is 11.7. The predicted molar refractivity (Wildman–Crippen MR) is 455 cm³/mol. The molecule has 7 aromatic heterocycles. The fourth-order valence-electron chi connectivity index (χ4n) is 15.1. The number of unbranched alkanes of at least 4 members (excludes halogenated alkanes) is 24. The van der Waals surface area contributed by atoms with Crippen LogP contribution in [-0.2, 0) is 25.7 Å². The molecule has 0 saturated carbocycles. The molecule has 578 valence electrons. The Kier molecular flexibility index (Phi) is 31.2. The first-order chi connectivity index (χ1) is 55.6. The van der Waals surface area contributed by atoms with Crippen LogP contribution in [0.2, 0.25) is 0 Å². The molecule has 4 aromatic carbocycles. The fraction of sp³-hybridized carbons (Fsp3) is 0.375. The van der Waals surface area contributed by atoms with Crippen LogP contribution in [0.1, 0.15) is 225 Å². The van der Waals surface area contributed by atoms with Crippen molar-refractivity contribution in [1.29, 1.82) is 0 Å². The Morgan fingerprint density at radius 3 is 0.625 bits per heavy atom. The lowest BCUT2D eigenvalue weighted by Gasteiger charge is -2.10. The zero-order valence-electron chi connectivity index (χ0n) is 65.3. The Labute approximate surface area is 662 Å². The lowest BCUT2D eigenvalue weighted by atomic mass is 10.0. The van der Waals surface area contributed by atoms with E-state index in [9.17, 15) is 0 Å². The van der Waals surface area contributed by atoms with Gasteiger partial charge in [-0.3, -0.25) is 39.9 Å². The van der Waals surface area contributed by atoms with Gasteiger partial charge in [-0.2, -0.15) is 0 Å². The van der Waals surface area contributed by atoms with Crippen LogP contribution in [-0.4, -0.2) is 86.2 Å². The Bertz CT molecular complexity index is 4220. The third-order valence-electron chi connectivity index (χ3n) is 21.2. The van der Waals surface area contributed by atoms with Crippen LogP contribution in [0.5, 0.6) is 23.0 Å². The molecule has 0 unspecified atom stereocenters. The number of fused-ring (bicyclic) bond motifs is 8. The first-order valence-corrected chi connectivity index (χ1v) is 41.7. The highest BCUT2D eigenvalue weighted by Crippen LogP contribution is 2.40. The molecule has 0 fully saturated rings. The van der Waals surface area contributed by atoms with Crippen molar-refractivity contribution in [3.8, 4) is 67.5 Å². The Morgan fingerprint density at radius 2 is 0.420 bits per heavy atom. The molecule has 8 bridgehead atoms. The molecule has 2 aliphatic heterocycles. The largest absolute Gasteiger partial charge is 0.494 e. The summed E-state index contributed by atoms with van der Waals surface area (Å²) in [6.45, 7) is 2.68. The highest BCUT2D eigenvalue weighted by Gasteiger charge is 2.21. The predicted octanol–water partition coefficient (Wildman–Crippen LogP) is 23.9. The van der Waals surface area contributed by atoms with E-state index in [0.29, 0.717) is 26.4 Å². The maximum Gasteiger partial charge on any atom is 0.119 e. The average molecular weight is 1500 g/mol. The number of benzene rings is 4. The quantitative estimate of drug-likeness (QED) is 0.0342. The smallest absolute Gasteiger partial charge is 0.119 e. The minimum atomic E-state index is 0.670. The molecule has 112 heavy (non-hydrogen) atoms. The molecule has 0 radical (unpaired) electrons. The van der Waals surface area contributed by atoms with Crippen LogP contribution in [0.15, 0.2) is 196 Å². The van der Waals surface area contributed by atoms with E-state index in [2.05, 4.69) is 195 Å². The van der Waals surface area contributed by atoms with Gasteiger partial charge in [0, 0.05) is 119 Å². The third-order valence-corrected chi connectivity index (χ3v) is 21.2. The Hall–Kier alpha value is -11.0. The molecular weight excluding hydrogens is 1390 g/mol. The summed E-state index contributed by atoms with van der Waals surface area (Å²) in [5.41, 5.74) is 19.3. The SMILES string of the molecule is C1=Cc2nc1c(-c1ccc(OCCCCCCCCCc3cnccn3)cc1)c1ccc([nH]1)c(-c1ccc(OCCCCCCCCCc3cnccn3)cc1)c1nc(c(-c3ccc(OCCCCCCCCCc4cnccn4)cc3)c3ccc([nH]3)c2-c2ccc(OCCCCCCCCCc3cnccn3)cc2)C=C1. The molecule has 0 spiro atoms. The number of ether oxygens (including phenoxy) is 4. The number of nitrogens with one attached hydrogen (secondary N) is 2. The van der Waals surface area contributed by atoms with Crippen LogP contribution in [0, 0.1) is 0 Å². The van der Waals surface area contributed by atoms with Gasteiger partial charge in [0.15, 0.2) is 0 Å². The van der Waals surface area contributed by atoms with Gasteiger partial charge in [-0.1, -0.05) is 177 Å². The van der Waals surface area contributed by atoms with Crippen molar-refractivity contribution in [3.63, 3.8) is 0 Å². The van der Waals surface area contributed by atoms with E-state index in [4.69, 9.17) is 28.9 Å². The summed E-state index contributed by atoms with van der Waals surface area (Å²) in [6, 6.07) is 43.0. The summed E-state index contributed by atoms with van der Waals surface area (Å²) in [5, 5.41) is 0. The minimum absolute atomic E-state index is 0.670. The van der Waals surface area contributed by atoms with Crippen LogP contribution >= 0.6 is 0 Å². The van der Waals surface area contributed by atoms with Gasteiger partial charge in [0.25, 0.3) is 0 Å². The molecule has 13 rings (SSSR count). The zero-order valence-corrected chi connectivity index (χ0v) is 65.3. The molecule has 2 aliphatic rings. The maximum absolute atomic E-state index is 6.44. The molecule has 0 saturated heterocycles. The maximum atomic E-state index is 6.44. The minimum Gasteiger partial charge on any atom is -0.494 e. The fourth-order valence-corrected chi connectivity index (χ4v) is 15.1. The molecule has 2 N–H and O–H groups in total. The van der Waals surface area contributed by atoms with Gasteiger partial charge >= 0.3 is 0 Å². The molecule has 16 heteroatoms. The van der Waals surface area contributed by atoms with Gasteiger partial charge in [0.05, 0.1) is 72.0 Å². The van der Waals surface area contributed by atoms with Crippen molar-refractivity contribution >= 4 is 46.4 Å². The number of aromatic amines is 2. The van der Waals surface area contributed by atoms with Gasteiger partial charge in [-0.15, -0.1) is 0 Å². The molecule has 9 heterocycles. The van der Waals surface area contributed by atoms with Crippen molar-refractivity contribution in [2.75, 3.05) is 26.4 Å². The van der Waals surface area contributed by atoms with Crippen molar-refractivity contribution < 1.29 is 18.9 Å². The van der Waals surface area contributed by atoms with Crippen molar-refractivity contribution in [2.45, 2.75) is 205 Å². The number of H-pyrrole nitrogens is 2. The second-order valence-corrected chi connectivity index (χ2v) is 29.7. The van der Waals surface area contributed by atoms with Crippen LogP contribution in [0.4, 0.5) is 0 Å². The number of hydrogen-bond donors (Lipinski definition) is 2. The van der Waals surface area contributed by atoms with Crippen molar-refractivity contribution in [2.24, 2.45) is 0 Å². The molecule has 0 amide bonds. The number of aromatic nitrogens is 12.